The minimum Gasteiger partial charge on any atom is -0.494 e. The Balaban J connectivity index is 1.83. The van der Waals surface area contributed by atoms with Gasteiger partial charge in [0, 0.05) is 37.5 Å². The van der Waals surface area contributed by atoms with Crippen molar-refractivity contribution in [3.05, 3.63) is 89.5 Å². The molecule has 1 saturated heterocycles. The Bertz CT molecular complexity index is 1460. The number of carbonyl (C=O) groups is 4. The SMILES string of the molecule is COCOc1ccc(OC)c(F)c1C(=O)C1CCCN(C(=O)O)C(OC(=O)c2ccccc2)C1NC(=O)c1ccncc1. The third-order valence-electron chi connectivity index (χ3n) is 6.89. The van der Waals surface area contributed by atoms with E-state index in [-0.39, 0.29) is 48.8 Å². The molecule has 3 atom stereocenters. The van der Waals surface area contributed by atoms with Crippen LogP contribution in [0.2, 0.25) is 0 Å². The number of carboxylic acid groups (broad SMARTS) is 1. The van der Waals surface area contributed by atoms with Gasteiger partial charge in [-0.25, -0.2) is 14.0 Å². The number of benzene rings is 2. The molecule has 13 heteroatoms. The minimum absolute atomic E-state index is 0.00363. The molecule has 1 aliphatic rings. The Morgan fingerprint density at radius 3 is 2.35 bits per heavy atom. The molecule has 12 nitrogen and oxygen atoms in total. The van der Waals surface area contributed by atoms with Crippen molar-refractivity contribution >= 4 is 23.8 Å². The maximum Gasteiger partial charge on any atom is 0.410 e. The van der Waals surface area contributed by atoms with E-state index in [0.717, 1.165) is 4.90 Å². The molecule has 3 aromatic rings. The zero-order valence-corrected chi connectivity index (χ0v) is 23.4. The number of aromatic nitrogens is 1. The lowest BCUT2D eigenvalue weighted by atomic mass is 9.85. The standard InChI is InChI=1S/C30H30FN3O9/c1-40-17-42-21-10-11-22(41-2)24(31)23(21)26(35)20-9-6-16-34(30(38)39)28(43-29(37)19-7-4-3-5-8-19)25(20)33-27(36)18-12-14-32-15-13-18/h3-5,7-8,10-15,20,25,28H,6,9,16-17H2,1-2H3,(H,33,36)(H,38,39). The topological polar surface area (TPSA) is 154 Å². The van der Waals surface area contributed by atoms with Crippen LogP contribution in [0.4, 0.5) is 9.18 Å². The van der Waals surface area contributed by atoms with Crippen LogP contribution in [-0.2, 0) is 9.47 Å². The molecule has 1 fully saturated rings. The second kappa shape index (κ2) is 14.2. The third kappa shape index (κ3) is 7.07. The normalized spacial score (nSPS) is 18.2. The monoisotopic (exact) mass is 595 g/mol. The smallest absolute Gasteiger partial charge is 0.410 e. The molecular weight excluding hydrogens is 565 g/mol. The number of amides is 2. The van der Waals surface area contributed by atoms with Crippen molar-refractivity contribution in [3.8, 4) is 11.5 Å². The summed E-state index contributed by atoms with van der Waals surface area (Å²) < 4.78 is 36.9. The Morgan fingerprint density at radius 2 is 1.70 bits per heavy atom. The van der Waals surface area contributed by atoms with E-state index in [2.05, 4.69) is 10.3 Å². The van der Waals surface area contributed by atoms with Crippen LogP contribution in [0.1, 0.15) is 43.9 Å². The molecule has 2 amide bonds. The highest BCUT2D eigenvalue weighted by Gasteiger charge is 2.46. The van der Waals surface area contributed by atoms with Crippen molar-refractivity contribution in [2.45, 2.75) is 25.1 Å². The average molecular weight is 596 g/mol. The van der Waals surface area contributed by atoms with Crippen LogP contribution in [0.3, 0.4) is 0 Å². The Labute approximate surface area is 246 Å². The van der Waals surface area contributed by atoms with Crippen LogP contribution < -0.4 is 14.8 Å². The van der Waals surface area contributed by atoms with Crippen LogP contribution in [0.5, 0.6) is 11.5 Å². The van der Waals surface area contributed by atoms with Gasteiger partial charge in [-0.1, -0.05) is 18.2 Å². The summed E-state index contributed by atoms with van der Waals surface area (Å²) in [7, 11) is 2.58. The van der Waals surface area contributed by atoms with Gasteiger partial charge in [0.1, 0.15) is 5.75 Å². The molecule has 3 unspecified atom stereocenters. The third-order valence-corrected chi connectivity index (χ3v) is 6.89. The molecule has 0 aliphatic carbocycles. The van der Waals surface area contributed by atoms with Crippen LogP contribution in [0.15, 0.2) is 67.0 Å². The van der Waals surface area contributed by atoms with Crippen molar-refractivity contribution in [2.75, 3.05) is 27.6 Å². The molecule has 0 spiro atoms. The average Bonchev–Trinajstić information content (AvgIpc) is 3.20. The second-order valence-corrected chi connectivity index (χ2v) is 9.49. The van der Waals surface area contributed by atoms with Gasteiger partial charge in [-0.2, -0.15) is 0 Å². The zero-order valence-electron chi connectivity index (χ0n) is 23.4. The highest BCUT2D eigenvalue weighted by atomic mass is 19.1. The summed E-state index contributed by atoms with van der Waals surface area (Å²) in [6, 6.07) is 11.8. The number of halogens is 1. The second-order valence-electron chi connectivity index (χ2n) is 9.49. The number of ketones is 1. The summed E-state index contributed by atoms with van der Waals surface area (Å²) in [5, 5.41) is 12.8. The summed E-state index contributed by atoms with van der Waals surface area (Å²) in [5.41, 5.74) is -0.216. The lowest BCUT2D eigenvalue weighted by Crippen LogP contribution is -2.58. The molecule has 0 bridgehead atoms. The van der Waals surface area contributed by atoms with E-state index in [1.807, 2.05) is 0 Å². The number of rotatable bonds is 10. The number of nitrogens with zero attached hydrogens (tertiary/aromatic N) is 2. The van der Waals surface area contributed by atoms with Crippen molar-refractivity contribution in [1.29, 1.82) is 0 Å². The van der Waals surface area contributed by atoms with E-state index in [9.17, 15) is 24.3 Å². The van der Waals surface area contributed by atoms with Crippen LogP contribution >= 0.6 is 0 Å². The van der Waals surface area contributed by atoms with Gasteiger partial charge in [0.2, 0.25) is 6.23 Å². The number of ether oxygens (including phenoxy) is 4. The number of hydrogen-bond donors (Lipinski definition) is 2. The van der Waals surface area contributed by atoms with Gasteiger partial charge >= 0.3 is 12.1 Å². The Hall–Kier alpha value is -5.04. The van der Waals surface area contributed by atoms with Gasteiger partial charge in [-0.05, 0) is 49.2 Å². The summed E-state index contributed by atoms with van der Waals surface area (Å²) in [6.07, 6.45) is -0.214. The first-order chi connectivity index (χ1) is 20.8. The molecule has 1 aromatic heterocycles. The number of hydrogen-bond acceptors (Lipinski definition) is 9. The first-order valence-electron chi connectivity index (χ1n) is 13.3. The fourth-order valence-corrected chi connectivity index (χ4v) is 4.83. The number of methoxy groups -OCH3 is 2. The maximum atomic E-state index is 15.7. The highest BCUT2D eigenvalue weighted by Crippen LogP contribution is 2.35. The van der Waals surface area contributed by atoms with E-state index in [4.69, 9.17) is 18.9 Å². The molecule has 43 heavy (non-hydrogen) atoms. The lowest BCUT2D eigenvalue weighted by molar-refractivity contribution is -0.0416. The van der Waals surface area contributed by atoms with Crippen LogP contribution in [0, 0.1) is 11.7 Å². The quantitative estimate of drug-likeness (QED) is 0.201. The molecular formula is C30H30FN3O9. The molecule has 4 rings (SSSR count). The maximum absolute atomic E-state index is 15.7. The molecule has 2 heterocycles. The molecule has 2 N–H and O–H groups in total. The summed E-state index contributed by atoms with van der Waals surface area (Å²) in [4.78, 5) is 58.0. The Morgan fingerprint density at radius 1 is 1.00 bits per heavy atom. The van der Waals surface area contributed by atoms with Crippen molar-refractivity contribution in [2.24, 2.45) is 5.92 Å². The highest BCUT2D eigenvalue weighted by molar-refractivity contribution is 6.02. The van der Waals surface area contributed by atoms with E-state index >= 15 is 4.39 Å². The fourth-order valence-electron chi connectivity index (χ4n) is 4.83. The van der Waals surface area contributed by atoms with Gasteiger partial charge < -0.3 is 29.4 Å². The van der Waals surface area contributed by atoms with Gasteiger partial charge in [0.25, 0.3) is 5.91 Å². The van der Waals surface area contributed by atoms with Crippen molar-refractivity contribution < 1.29 is 47.6 Å². The summed E-state index contributed by atoms with van der Waals surface area (Å²) in [6.45, 7) is -0.440. The van der Waals surface area contributed by atoms with Gasteiger partial charge in [0.15, 0.2) is 24.1 Å². The zero-order chi connectivity index (χ0) is 30.9. The van der Waals surface area contributed by atoms with Crippen LogP contribution in [0.25, 0.3) is 0 Å². The van der Waals surface area contributed by atoms with E-state index < -0.39 is 53.3 Å². The van der Waals surface area contributed by atoms with Gasteiger partial charge in [-0.15, -0.1) is 0 Å². The number of likely N-dealkylation sites (tertiary alicyclic amines) is 1. The van der Waals surface area contributed by atoms with Crippen molar-refractivity contribution in [1.82, 2.24) is 15.2 Å². The minimum atomic E-state index is -1.66. The Kier molecular flexibility index (Phi) is 10.2. The number of pyridine rings is 1. The van der Waals surface area contributed by atoms with Gasteiger partial charge in [0.05, 0.1) is 24.3 Å². The molecule has 0 radical (unpaired) electrons. The first kappa shape index (κ1) is 30.9. The molecule has 226 valence electrons. The number of carbonyl (C=O) groups excluding carboxylic acids is 3. The van der Waals surface area contributed by atoms with Crippen LogP contribution in [-0.4, -0.2) is 78.6 Å². The van der Waals surface area contributed by atoms with E-state index in [1.54, 1.807) is 18.2 Å². The fraction of sp³-hybridized carbons (Fsp3) is 0.300. The molecule has 2 aromatic carbocycles. The molecule has 0 saturated carbocycles. The molecule has 1 aliphatic heterocycles. The summed E-state index contributed by atoms with van der Waals surface area (Å²) in [5.74, 6) is -5.08. The largest absolute Gasteiger partial charge is 0.494 e. The van der Waals surface area contributed by atoms with E-state index in [1.165, 1.54) is 63.0 Å². The van der Waals surface area contributed by atoms with Crippen molar-refractivity contribution in [3.63, 3.8) is 0 Å². The summed E-state index contributed by atoms with van der Waals surface area (Å²) >= 11 is 0. The first-order valence-corrected chi connectivity index (χ1v) is 13.3. The number of esters is 1. The van der Waals surface area contributed by atoms with E-state index in [0.29, 0.717) is 0 Å². The lowest BCUT2D eigenvalue weighted by Gasteiger charge is -2.35. The predicted molar refractivity (Wildman–Crippen MR) is 148 cm³/mol. The number of nitrogens with one attached hydrogen (secondary N) is 1. The predicted octanol–water partition coefficient (Wildman–Crippen LogP) is 3.77. The number of Topliss-reactive ketones (excluding diaryl/α,β-unsaturated/α-hetero) is 1. The van der Waals surface area contributed by atoms with Gasteiger partial charge in [-0.3, -0.25) is 19.5 Å².